The van der Waals surface area contributed by atoms with Crippen molar-refractivity contribution in [3.63, 3.8) is 0 Å². The van der Waals surface area contributed by atoms with Gasteiger partial charge in [0.15, 0.2) is 0 Å². The first-order valence-corrected chi connectivity index (χ1v) is 7.01. The number of sulfonamides is 1. The van der Waals surface area contributed by atoms with E-state index in [2.05, 4.69) is 4.72 Å². The van der Waals surface area contributed by atoms with Crippen molar-refractivity contribution < 1.29 is 18.5 Å². The monoisotopic (exact) mass is 277 g/mol. The van der Waals surface area contributed by atoms with E-state index in [9.17, 15) is 8.42 Å². The van der Waals surface area contributed by atoms with Gasteiger partial charge < -0.3 is 10.0 Å². The van der Waals surface area contributed by atoms with Gasteiger partial charge >= 0.3 is 7.12 Å². The number of benzene rings is 2. The molecule has 0 bridgehead atoms. The third-order valence-electron chi connectivity index (χ3n) is 2.49. The molecule has 0 heterocycles. The topological polar surface area (TPSA) is 86.6 Å². The summed E-state index contributed by atoms with van der Waals surface area (Å²) in [6, 6.07) is 14.0. The van der Waals surface area contributed by atoms with E-state index in [1.54, 1.807) is 30.3 Å². The van der Waals surface area contributed by atoms with Gasteiger partial charge in [0.05, 0.1) is 4.90 Å². The molecule has 5 nitrogen and oxygen atoms in total. The molecule has 7 heteroatoms. The zero-order valence-electron chi connectivity index (χ0n) is 9.89. The Hall–Kier alpha value is -1.83. The van der Waals surface area contributed by atoms with E-state index in [1.165, 1.54) is 24.3 Å². The van der Waals surface area contributed by atoms with Crippen molar-refractivity contribution in [2.24, 2.45) is 0 Å². The van der Waals surface area contributed by atoms with Gasteiger partial charge in [0.2, 0.25) is 0 Å². The molecule has 2 aromatic carbocycles. The van der Waals surface area contributed by atoms with Crippen LogP contribution in [0.15, 0.2) is 59.5 Å². The minimum Gasteiger partial charge on any atom is -0.423 e. The molecule has 0 amide bonds. The zero-order valence-corrected chi connectivity index (χ0v) is 10.7. The summed E-state index contributed by atoms with van der Waals surface area (Å²) in [4.78, 5) is -0.0260. The van der Waals surface area contributed by atoms with Gasteiger partial charge in [-0.2, -0.15) is 0 Å². The van der Waals surface area contributed by atoms with Gasteiger partial charge in [0.25, 0.3) is 10.0 Å². The lowest BCUT2D eigenvalue weighted by Gasteiger charge is -2.09. The van der Waals surface area contributed by atoms with E-state index in [4.69, 9.17) is 10.0 Å². The third kappa shape index (κ3) is 3.34. The van der Waals surface area contributed by atoms with Crippen LogP contribution in [0.4, 0.5) is 5.69 Å². The van der Waals surface area contributed by atoms with Gasteiger partial charge in [0, 0.05) is 5.69 Å². The highest BCUT2D eigenvalue weighted by Gasteiger charge is 2.18. The molecule has 0 unspecified atom stereocenters. The SMILES string of the molecule is O=S(=O)(Nc1ccccc1)c1cccc(B(O)O)c1. The predicted molar refractivity (Wildman–Crippen MR) is 73.5 cm³/mol. The summed E-state index contributed by atoms with van der Waals surface area (Å²) in [7, 11) is -5.44. The lowest BCUT2D eigenvalue weighted by atomic mass is 9.81. The van der Waals surface area contributed by atoms with Gasteiger partial charge in [-0.25, -0.2) is 8.42 Å². The zero-order chi connectivity index (χ0) is 13.9. The van der Waals surface area contributed by atoms with Crippen LogP contribution in [0.3, 0.4) is 0 Å². The fraction of sp³-hybridized carbons (Fsp3) is 0. The number of anilines is 1. The molecule has 0 aliphatic heterocycles. The standard InChI is InChI=1S/C12H12BNO4S/c15-13(16)10-5-4-8-12(9-10)19(17,18)14-11-6-2-1-3-7-11/h1-9,14-16H. The summed E-state index contributed by atoms with van der Waals surface area (Å²) in [5, 5.41) is 18.1. The summed E-state index contributed by atoms with van der Waals surface area (Å²) >= 11 is 0. The summed E-state index contributed by atoms with van der Waals surface area (Å²) in [6.07, 6.45) is 0. The smallest absolute Gasteiger partial charge is 0.423 e. The fourth-order valence-electron chi connectivity index (χ4n) is 1.56. The highest BCUT2D eigenvalue weighted by atomic mass is 32.2. The molecule has 0 fully saturated rings. The Labute approximate surface area is 111 Å². The van der Waals surface area contributed by atoms with Gasteiger partial charge in [-0.15, -0.1) is 0 Å². The molecule has 2 rings (SSSR count). The van der Waals surface area contributed by atoms with E-state index in [0.717, 1.165) is 0 Å². The van der Waals surface area contributed by atoms with Gasteiger partial charge in [-0.3, -0.25) is 4.72 Å². The van der Waals surface area contributed by atoms with Crippen molar-refractivity contribution in [2.75, 3.05) is 4.72 Å². The van der Waals surface area contributed by atoms with Crippen molar-refractivity contribution in [1.29, 1.82) is 0 Å². The van der Waals surface area contributed by atoms with Crippen molar-refractivity contribution in [3.8, 4) is 0 Å². The second-order valence-corrected chi connectivity index (χ2v) is 5.60. The molecule has 0 aliphatic rings. The molecule has 2 aromatic rings. The molecule has 3 N–H and O–H groups in total. The largest absolute Gasteiger partial charge is 0.488 e. The summed E-state index contributed by atoms with van der Waals surface area (Å²) < 4.78 is 26.6. The summed E-state index contributed by atoms with van der Waals surface area (Å²) in [5.74, 6) is 0. The first-order chi connectivity index (χ1) is 8.99. The molecule has 0 saturated carbocycles. The fourth-order valence-corrected chi connectivity index (χ4v) is 2.68. The predicted octanol–water partition coefficient (Wildman–Crippen LogP) is 0.167. The van der Waals surface area contributed by atoms with E-state index >= 15 is 0 Å². The minimum atomic E-state index is -3.74. The summed E-state index contributed by atoms with van der Waals surface area (Å²) in [5.41, 5.74) is 0.563. The van der Waals surface area contributed by atoms with Gasteiger partial charge in [0.1, 0.15) is 0 Å². The van der Waals surface area contributed by atoms with E-state index in [1.807, 2.05) is 0 Å². The molecule has 0 spiro atoms. The number of nitrogens with one attached hydrogen (secondary N) is 1. The van der Waals surface area contributed by atoms with E-state index in [-0.39, 0.29) is 10.4 Å². The van der Waals surface area contributed by atoms with Crippen LogP contribution in [-0.2, 0) is 10.0 Å². The van der Waals surface area contributed by atoms with Crippen LogP contribution in [0.1, 0.15) is 0 Å². The van der Waals surface area contributed by atoms with Crippen molar-refractivity contribution in [2.45, 2.75) is 4.90 Å². The second kappa shape index (κ2) is 5.44. The Balaban J connectivity index is 2.32. The Morgan fingerprint density at radius 1 is 0.947 bits per heavy atom. The van der Waals surface area contributed by atoms with Crippen molar-refractivity contribution >= 4 is 28.3 Å². The first kappa shape index (κ1) is 13.6. The summed E-state index contributed by atoms with van der Waals surface area (Å²) in [6.45, 7) is 0. The van der Waals surface area contributed by atoms with Crippen molar-refractivity contribution in [3.05, 3.63) is 54.6 Å². The maximum atomic E-state index is 12.1. The van der Waals surface area contributed by atoms with Crippen LogP contribution in [0, 0.1) is 0 Å². The number of hydrogen-bond donors (Lipinski definition) is 3. The van der Waals surface area contributed by atoms with Gasteiger partial charge in [-0.05, 0) is 29.7 Å². The molecule has 0 aliphatic carbocycles. The molecular weight excluding hydrogens is 265 g/mol. The molecule has 0 atom stereocenters. The van der Waals surface area contributed by atoms with Crippen LogP contribution in [0.25, 0.3) is 0 Å². The lowest BCUT2D eigenvalue weighted by molar-refractivity contribution is 0.425. The third-order valence-corrected chi connectivity index (χ3v) is 3.87. The molecule has 19 heavy (non-hydrogen) atoms. The van der Waals surface area contributed by atoms with Crippen LogP contribution in [0.2, 0.25) is 0 Å². The van der Waals surface area contributed by atoms with E-state index < -0.39 is 17.1 Å². The highest BCUT2D eigenvalue weighted by molar-refractivity contribution is 7.92. The van der Waals surface area contributed by atoms with Crippen molar-refractivity contribution in [1.82, 2.24) is 0 Å². The van der Waals surface area contributed by atoms with Crippen LogP contribution in [-0.4, -0.2) is 25.6 Å². The number of para-hydroxylation sites is 1. The highest BCUT2D eigenvalue weighted by Crippen LogP contribution is 2.14. The second-order valence-electron chi connectivity index (χ2n) is 3.92. The molecular formula is C12H12BNO4S. The average Bonchev–Trinajstić information content (AvgIpc) is 2.39. The maximum absolute atomic E-state index is 12.1. The Kier molecular flexibility index (Phi) is 3.89. The van der Waals surface area contributed by atoms with Crippen LogP contribution in [0.5, 0.6) is 0 Å². The Morgan fingerprint density at radius 3 is 2.26 bits per heavy atom. The maximum Gasteiger partial charge on any atom is 0.488 e. The Morgan fingerprint density at radius 2 is 1.63 bits per heavy atom. The normalized spacial score (nSPS) is 11.1. The Bertz CT molecular complexity index is 658. The molecule has 0 radical (unpaired) electrons. The van der Waals surface area contributed by atoms with Crippen LogP contribution < -0.4 is 10.2 Å². The average molecular weight is 277 g/mol. The number of rotatable bonds is 4. The molecule has 0 aromatic heterocycles. The molecule has 98 valence electrons. The van der Waals surface area contributed by atoms with E-state index in [0.29, 0.717) is 5.69 Å². The quantitative estimate of drug-likeness (QED) is 0.695. The minimum absolute atomic E-state index is 0.0260. The number of hydrogen-bond acceptors (Lipinski definition) is 4. The van der Waals surface area contributed by atoms with Gasteiger partial charge in [-0.1, -0.05) is 30.3 Å². The lowest BCUT2D eigenvalue weighted by Crippen LogP contribution is -2.30. The van der Waals surface area contributed by atoms with Crippen LogP contribution >= 0.6 is 0 Å². The first-order valence-electron chi connectivity index (χ1n) is 5.53. The molecule has 0 saturated heterocycles.